The van der Waals surface area contributed by atoms with Crippen LogP contribution in [0, 0.1) is 6.92 Å². The number of carbonyl (C=O) groups excluding carboxylic acids is 1. The number of nitrogen functional groups attached to an aromatic ring is 1. The molecule has 60 heavy (non-hydrogen) atoms. The van der Waals surface area contributed by atoms with Crippen LogP contribution in [0.1, 0.15) is 52.7 Å². The topological polar surface area (TPSA) is 142 Å². The van der Waals surface area contributed by atoms with Crippen molar-refractivity contribution < 1.29 is 45.3 Å². The third-order valence-electron chi connectivity index (χ3n) is 6.69. The van der Waals surface area contributed by atoms with Crippen molar-refractivity contribution in [1.29, 1.82) is 0 Å². The molecule has 332 valence electrons. The van der Waals surface area contributed by atoms with E-state index in [1.807, 2.05) is 13.8 Å². The fourth-order valence-corrected chi connectivity index (χ4v) is 5.66. The van der Waals surface area contributed by atoms with Crippen molar-refractivity contribution >= 4 is 105 Å². The lowest BCUT2D eigenvalue weighted by molar-refractivity contribution is -0.162. The minimum Gasteiger partial charge on any atom is -0.489 e. The Morgan fingerprint density at radius 2 is 1.15 bits per heavy atom. The van der Waals surface area contributed by atoms with Crippen molar-refractivity contribution in [2.45, 2.75) is 79.1 Å². The number of hydrogen-bond donors (Lipinski definition) is 3. The number of aromatic nitrogens is 2. The number of nitrogens with one attached hydrogen (secondary N) is 2. The highest BCUT2D eigenvalue weighted by Gasteiger charge is 2.37. The standard InChI is InChI=1S/C15H13Cl2F3N2O2.C12H11Cl2F3N2O2.C9H12Cl2N2O.ClH/c1-7(2)24-13-5-12(10(16)4-11(13)17)22-14(23)8(3)9(6-21-22)15(18,19)20;1-6(2)21-10-4-9(7(13)3-8(10)14)19-18-5-11(20)12(15,16)17;1-5(2)14-9-4-8(13-12)6(10)3-7(9)11;/h4-7H,1-3H3;3-6,19H,1-2H3;3-5,13H,12H2,1-2H3;1H/b;18-5+;;. The summed E-state index contributed by atoms with van der Waals surface area (Å²) in [6.07, 6.45) is -9.23. The number of rotatable bonds is 11. The molecule has 0 aliphatic heterocycles. The molecular formula is C36H37Cl7F6N6O5. The van der Waals surface area contributed by atoms with Crippen molar-refractivity contribution in [3.05, 3.63) is 94.2 Å². The zero-order chi connectivity index (χ0) is 45.2. The molecule has 0 amide bonds. The van der Waals surface area contributed by atoms with E-state index in [1.165, 1.54) is 24.3 Å². The summed E-state index contributed by atoms with van der Waals surface area (Å²) < 4.78 is 91.6. The van der Waals surface area contributed by atoms with Gasteiger partial charge < -0.3 is 19.6 Å². The number of ether oxygens (including phenoxy) is 3. The van der Waals surface area contributed by atoms with Gasteiger partial charge in [-0.15, -0.1) is 12.4 Å². The molecule has 0 aliphatic carbocycles. The third-order valence-corrected chi connectivity index (χ3v) is 8.50. The van der Waals surface area contributed by atoms with E-state index in [0.29, 0.717) is 27.7 Å². The fraction of sp³-hybridized carbons (Fsp3) is 0.333. The molecule has 1 heterocycles. The number of benzene rings is 3. The van der Waals surface area contributed by atoms with Gasteiger partial charge in [0, 0.05) is 23.8 Å². The molecule has 0 saturated carbocycles. The Hall–Kier alpha value is -3.55. The Morgan fingerprint density at radius 3 is 1.57 bits per heavy atom. The summed E-state index contributed by atoms with van der Waals surface area (Å²) >= 11 is 35.6. The van der Waals surface area contributed by atoms with E-state index in [9.17, 15) is 35.9 Å². The highest BCUT2D eigenvalue weighted by molar-refractivity contribution is 6.38. The SMILES string of the molecule is CC(C)Oc1cc(N/N=C/C(=O)C(F)(F)F)c(Cl)cc1Cl.CC(C)Oc1cc(NN)c(Cl)cc1Cl.Cc1c(C(F)(F)F)cnn(-c2cc(OC(C)C)c(Cl)cc2Cl)c1=O.Cl. The molecule has 24 heteroatoms. The number of nitrogens with two attached hydrogens (primary N) is 1. The van der Waals surface area contributed by atoms with E-state index in [1.54, 1.807) is 39.8 Å². The Labute approximate surface area is 376 Å². The van der Waals surface area contributed by atoms with Crippen molar-refractivity contribution in [2.24, 2.45) is 10.9 Å². The molecule has 0 bridgehead atoms. The molecule has 11 nitrogen and oxygen atoms in total. The van der Waals surface area contributed by atoms with Gasteiger partial charge >= 0.3 is 12.4 Å². The smallest absolute Gasteiger partial charge is 0.455 e. The van der Waals surface area contributed by atoms with Crippen molar-refractivity contribution in [3.63, 3.8) is 0 Å². The number of halogens is 13. The van der Waals surface area contributed by atoms with Crippen LogP contribution in [0.3, 0.4) is 0 Å². The summed E-state index contributed by atoms with van der Waals surface area (Å²) in [6.45, 7) is 12.0. The van der Waals surface area contributed by atoms with Gasteiger partial charge in [0.15, 0.2) is 0 Å². The van der Waals surface area contributed by atoms with Crippen molar-refractivity contribution in [2.75, 3.05) is 10.9 Å². The maximum atomic E-state index is 12.9. The van der Waals surface area contributed by atoms with E-state index in [4.69, 9.17) is 89.7 Å². The molecule has 4 aromatic rings. The first kappa shape index (κ1) is 54.5. The Kier molecular flexibility index (Phi) is 21.4. The summed E-state index contributed by atoms with van der Waals surface area (Å²) in [5.74, 6) is 4.29. The average molecular weight is 996 g/mol. The number of carbonyl (C=O) groups is 1. The quantitative estimate of drug-likeness (QED) is 0.0579. The van der Waals surface area contributed by atoms with Crippen LogP contribution in [-0.2, 0) is 11.0 Å². The predicted molar refractivity (Wildman–Crippen MR) is 228 cm³/mol. The number of anilines is 2. The molecule has 0 saturated heterocycles. The van der Waals surface area contributed by atoms with Gasteiger partial charge in [-0.3, -0.25) is 20.9 Å². The number of hydrazine groups is 1. The summed E-state index contributed by atoms with van der Waals surface area (Å²) in [5, 5.41) is 8.36. The maximum absolute atomic E-state index is 12.9. The van der Waals surface area contributed by atoms with Gasteiger partial charge in [-0.1, -0.05) is 69.6 Å². The third kappa shape index (κ3) is 16.4. The van der Waals surface area contributed by atoms with Gasteiger partial charge in [0.1, 0.15) is 17.2 Å². The second-order valence-electron chi connectivity index (χ2n) is 12.5. The first-order chi connectivity index (χ1) is 27.2. The van der Waals surface area contributed by atoms with Gasteiger partial charge in [0.05, 0.1) is 83.5 Å². The van der Waals surface area contributed by atoms with Gasteiger partial charge in [-0.05, 0) is 66.7 Å². The first-order valence-corrected chi connectivity index (χ1v) is 18.9. The average Bonchev–Trinajstić information content (AvgIpc) is 3.09. The molecule has 3 aromatic carbocycles. The molecule has 0 fully saturated rings. The number of hydrazone groups is 1. The lowest BCUT2D eigenvalue weighted by Crippen LogP contribution is -2.27. The van der Waals surface area contributed by atoms with E-state index >= 15 is 0 Å². The van der Waals surface area contributed by atoms with Crippen LogP contribution in [0.4, 0.5) is 37.7 Å². The summed E-state index contributed by atoms with van der Waals surface area (Å²) in [7, 11) is 0. The van der Waals surface area contributed by atoms with Crippen LogP contribution in [-0.4, -0.2) is 46.3 Å². The maximum Gasteiger partial charge on any atom is 0.455 e. The fourth-order valence-electron chi connectivity index (χ4n) is 4.20. The number of hydrogen-bond acceptors (Lipinski definition) is 10. The Balaban J connectivity index is 0.000000461. The Morgan fingerprint density at radius 1 is 0.733 bits per heavy atom. The second kappa shape index (κ2) is 23.6. The molecule has 4 N–H and O–H groups in total. The summed E-state index contributed by atoms with van der Waals surface area (Å²) in [5.41, 5.74) is 3.03. The van der Waals surface area contributed by atoms with Crippen LogP contribution >= 0.6 is 82.0 Å². The van der Waals surface area contributed by atoms with Crippen LogP contribution in [0.2, 0.25) is 30.1 Å². The first-order valence-electron chi connectivity index (χ1n) is 16.7. The normalized spacial score (nSPS) is 11.4. The van der Waals surface area contributed by atoms with Gasteiger partial charge in [-0.2, -0.15) is 41.2 Å². The number of Topliss-reactive ketones (excluding diaryl/α,β-unsaturated/α-hetero) is 1. The molecule has 0 unspecified atom stereocenters. The van der Waals surface area contributed by atoms with E-state index in [-0.39, 0.29) is 79.9 Å². The zero-order valence-electron chi connectivity index (χ0n) is 32.3. The summed E-state index contributed by atoms with van der Waals surface area (Å²) in [4.78, 5) is 22.9. The van der Waals surface area contributed by atoms with Crippen LogP contribution < -0.4 is 36.5 Å². The molecule has 0 atom stereocenters. The molecule has 4 rings (SSSR count). The van der Waals surface area contributed by atoms with Crippen molar-refractivity contribution in [1.82, 2.24) is 9.78 Å². The minimum atomic E-state index is -4.97. The van der Waals surface area contributed by atoms with E-state index < -0.39 is 34.8 Å². The van der Waals surface area contributed by atoms with Crippen LogP contribution in [0.25, 0.3) is 5.69 Å². The molecule has 0 aliphatic rings. The molecule has 0 radical (unpaired) electrons. The zero-order valence-corrected chi connectivity index (χ0v) is 37.6. The Bertz CT molecular complexity index is 2190. The van der Waals surface area contributed by atoms with Crippen LogP contribution in [0.15, 0.2) is 52.5 Å². The monoisotopic (exact) mass is 992 g/mol. The van der Waals surface area contributed by atoms with Gasteiger partial charge in [0.25, 0.3) is 11.3 Å². The molecular weight excluding hydrogens is 959 g/mol. The lowest BCUT2D eigenvalue weighted by atomic mass is 10.2. The number of alkyl halides is 6. The second-order valence-corrected chi connectivity index (χ2v) is 15.0. The highest BCUT2D eigenvalue weighted by atomic mass is 35.5. The van der Waals surface area contributed by atoms with E-state index in [2.05, 4.69) is 21.1 Å². The number of nitrogens with zero attached hydrogens (tertiary/aromatic N) is 3. The number of ketones is 1. The van der Waals surface area contributed by atoms with Gasteiger partial charge in [0.2, 0.25) is 0 Å². The van der Waals surface area contributed by atoms with Crippen molar-refractivity contribution in [3.8, 4) is 22.9 Å². The van der Waals surface area contributed by atoms with E-state index in [0.717, 1.165) is 11.6 Å². The highest BCUT2D eigenvalue weighted by Crippen LogP contribution is 2.37. The lowest BCUT2D eigenvalue weighted by Gasteiger charge is -2.16. The largest absolute Gasteiger partial charge is 0.489 e. The minimum absolute atomic E-state index is 0. The van der Waals surface area contributed by atoms with Crippen LogP contribution in [0.5, 0.6) is 17.2 Å². The van der Waals surface area contributed by atoms with Gasteiger partial charge in [-0.25, -0.2) is 0 Å². The predicted octanol–water partition coefficient (Wildman–Crippen LogP) is 12.5. The summed E-state index contributed by atoms with van der Waals surface area (Å²) in [6, 6.07) is 8.70. The molecule has 1 aromatic heterocycles. The molecule has 0 spiro atoms.